The molecule has 1 aliphatic heterocycles. The van der Waals surface area contributed by atoms with E-state index in [2.05, 4.69) is 26.3 Å². The number of H-pyrrole nitrogens is 1. The molecular formula is C21H22N6OS. The number of hydrogen-bond donors (Lipinski definition) is 3. The number of anilines is 1. The number of amides is 1. The van der Waals surface area contributed by atoms with Crippen LogP contribution in [0, 0.1) is 6.92 Å². The molecule has 1 aliphatic carbocycles. The van der Waals surface area contributed by atoms with Gasteiger partial charge in [0.25, 0.3) is 5.91 Å². The van der Waals surface area contributed by atoms with Crippen LogP contribution in [0.1, 0.15) is 22.7 Å². The third-order valence-electron chi connectivity index (χ3n) is 5.61. The summed E-state index contributed by atoms with van der Waals surface area (Å²) in [5.74, 6) is 1.55. The van der Waals surface area contributed by atoms with E-state index in [4.69, 9.17) is 5.73 Å². The van der Waals surface area contributed by atoms with Crippen molar-refractivity contribution >= 4 is 34.5 Å². The molecule has 3 heterocycles. The van der Waals surface area contributed by atoms with Crippen LogP contribution in [0.2, 0.25) is 0 Å². The third-order valence-corrected chi connectivity index (χ3v) is 6.60. The van der Waals surface area contributed by atoms with Gasteiger partial charge < -0.3 is 20.9 Å². The molecule has 1 amide bonds. The van der Waals surface area contributed by atoms with Crippen LogP contribution >= 0.6 is 11.8 Å². The maximum absolute atomic E-state index is 13.0. The number of nitrogens with one attached hydrogen (secondary N) is 2. The summed E-state index contributed by atoms with van der Waals surface area (Å²) in [4.78, 5) is 27.7. The van der Waals surface area contributed by atoms with Crippen molar-refractivity contribution in [3.8, 4) is 0 Å². The zero-order valence-corrected chi connectivity index (χ0v) is 16.9. The Morgan fingerprint density at radius 1 is 1.34 bits per heavy atom. The molecule has 0 unspecified atom stereocenters. The summed E-state index contributed by atoms with van der Waals surface area (Å²) in [6.45, 7) is 2.81. The van der Waals surface area contributed by atoms with Crippen molar-refractivity contribution in [2.45, 2.75) is 25.4 Å². The predicted molar refractivity (Wildman–Crippen MR) is 116 cm³/mol. The van der Waals surface area contributed by atoms with E-state index in [0.29, 0.717) is 4.91 Å². The fourth-order valence-electron chi connectivity index (χ4n) is 4.11. The van der Waals surface area contributed by atoms with E-state index >= 15 is 0 Å². The molecule has 5 rings (SSSR count). The van der Waals surface area contributed by atoms with Crippen molar-refractivity contribution in [1.82, 2.24) is 20.3 Å². The molecule has 8 heteroatoms. The lowest BCUT2D eigenvalue weighted by atomic mass is 10.1. The number of benzene rings is 1. The topological polar surface area (TPSA) is 99.9 Å². The molecule has 3 aromatic rings. The van der Waals surface area contributed by atoms with Gasteiger partial charge >= 0.3 is 0 Å². The number of fused-ring (bicyclic) bond motifs is 2. The zero-order valence-electron chi connectivity index (χ0n) is 16.1. The Balaban J connectivity index is 1.38. The zero-order chi connectivity index (χ0) is 20.0. The Kier molecular flexibility index (Phi) is 4.52. The monoisotopic (exact) mass is 406 g/mol. The van der Waals surface area contributed by atoms with Crippen molar-refractivity contribution in [2.75, 3.05) is 17.2 Å². The molecule has 29 heavy (non-hydrogen) atoms. The van der Waals surface area contributed by atoms with Crippen LogP contribution in [-0.4, -0.2) is 39.2 Å². The molecule has 2 aromatic heterocycles. The van der Waals surface area contributed by atoms with Crippen molar-refractivity contribution in [3.05, 3.63) is 64.6 Å². The molecule has 0 fully saturated rings. The number of aromatic nitrogens is 3. The second kappa shape index (κ2) is 7.20. The van der Waals surface area contributed by atoms with Gasteiger partial charge in [-0.3, -0.25) is 4.79 Å². The fraction of sp³-hybridized carbons (Fsp3) is 0.286. The third kappa shape index (κ3) is 3.18. The van der Waals surface area contributed by atoms with Crippen LogP contribution in [0.25, 0.3) is 11.0 Å². The van der Waals surface area contributed by atoms with E-state index in [1.165, 1.54) is 5.56 Å². The van der Waals surface area contributed by atoms with E-state index in [1.807, 2.05) is 42.4 Å². The van der Waals surface area contributed by atoms with Crippen molar-refractivity contribution < 1.29 is 4.79 Å². The van der Waals surface area contributed by atoms with E-state index in [-0.39, 0.29) is 18.0 Å². The minimum Gasteiger partial charge on any atom is -0.347 e. The SMILES string of the molecule is Cc1c[nH]c2ncnc(N3C=C(C(=O)N[C@@H]4Cc5ccccc5[C@@H]4N)SCC3)c12. The normalized spacial score (nSPS) is 21.2. The van der Waals surface area contributed by atoms with Gasteiger partial charge in [0.05, 0.1) is 22.4 Å². The standard InChI is InChI=1S/C21H22N6OS/c1-12-9-23-19-17(12)20(25-11-24-19)27-6-7-29-16(10-27)21(28)26-15-8-13-4-2-3-5-14(13)18(15)22/h2-5,9-11,15,18H,6-8,22H2,1H3,(H,26,28)(H,23,24,25)/t15-,18+/m1/s1. The minimum absolute atomic E-state index is 0.0796. The van der Waals surface area contributed by atoms with Crippen molar-refractivity contribution in [2.24, 2.45) is 5.73 Å². The first-order valence-electron chi connectivity index (χ1n) is 9.66. The maximum Gasteiger partial charge on any atom is 0.259 e. The number of carbonyl (C=O) groups excluding carboxylic acids is 1. The van der Waals surface area contributed by atoms with Gasteiger partial charge in [-0.15, -0.1) is 11.8 Å². The highest BCUT2D eigenvalue weighted by molar-refractivity contribution is 8.04. The van der Waals surface area contributed by atoms with Crippen LogP contribution in [0.4, 0.5) is 5.82 Å². The number of nitrogens with zero attached hydrogens (tertiary/aromatic N) is 3. The first-order chi connectivity index (χ1) is 14.1. The number of rotatable bonds is 3. The largest absolute Gasteiger partial charge is 0.347 e. The van der Waals surface area contributed by atoms with Gasteiger partial charge in [0.2, 0.25) is 0 Å². The Morgan fingerprint density at radius 3 is 3.07 bits per heavy atom. The lowest BCUT2D eigenvalue weighted by molar-refractivity contribution is -0.117. The Morgan fingerprint density at radius 2 is 2.21 bits per heavy atom. The lowest BCUT2D eigenvalue weighted by Gasteiger charge is -2.26. The number of aryl methyl sites for hydroxylation is 1. The summed E-state index contributed by atoms with van der Waals surface area (Å²) < 4.78 is 0. The molecule has 4 N–H and O–H groups in total. The molecule has 0 spiro atoms. The van der Waals surface area contributed by atoms with E-state index in [0.717, 1.165) is 46.7 Å². The highest BCUT2D eigenvalue weighted by atomic mass is 32.2. The Hall–Kier alpha value is -2.84. The van der Waals surface area contributed by atoms with E-state index in [1.54, 1.807) is 18.1 Å². The molecule has 2 atom stereocenters. The Labute approximate surface area is 172 Å². The highest BCUT2D eigenvalue weighted by Gasteiger charge is 2.32. The molecule has 7 nitrogen and oxygen atoms in total. The summed E-state index contributed by atoms with van der Waals surface area (Å²) in [7, 11) is 0. The molecule has 0 bridgehead atoms. The van der Waals surface area contributed by atoms with Gasteiger partial charge in [-0.2, -0.15) is 0 Å². The van der Waals surface area contributed by atoms with Crippen molar-refractivity contribution in [1.29, 1.82) is 0 Å². The van der Waals surface area contributed by atoms with Gasteiger partial charge in [0, 0.05) is 24.7 Å². The quantitative estimate of drug-likeness (QED) is 0.618. The molecule has 148 valence electrons. The van der Waals surface area contributed by atoms with Gasteiger partial charge in [0.1, 0.15) is 17.8 Å². The Bertz CT molecular complexity index is 1120. The molecule has 0 radical (unpaired) electrons. The minimum atomic E-state index is -0.176. The van der Waals surface area contributed by atoms with E-state index < -0.39 is 0 Å². The second-order valence-corrected chi connectivity index (χ2v) is 8.57. The highest BCUT2D eigenvalue weighted by Crippen LogP contribution is 2.32. The summed E-state index contributed by atoms with van der Waals surface area (Å²) in [6.07, 6.45) is 6.14. The van der Waals surface area contributed by atoms with E-state index in [9.17, 15) is 4.79 Å². The van der Waals surface area contributed by atoms with Crippen LogP contribution in [-0.2, 0) is 11.2 Å². The van der Waals surface area contributed by atoms with Crippen LogP contribution in [0.3, 0.4) is 0 Å². The average Bonchev–Trinajstić information content (AvgIpc) is 3.28. The average molecular weight is 407 g/mol. The van der Waals surface area contributed by atoms with Crippen molar-refractivity contribution in [3.63, 3.8) is 0 Å². The first kappa shape index (κ1) is 18.2. The van der Waals surface area contributed by atoms with Gasteiger partial charge in [-0.1, -0.05) is 24.3 Å². The fourth-order valence-corrected chi connectivity index (χ4v) is 5.01. The first-order valence-corrected chi connectivity index (χ1v) is 10.6. The summed E-state index contributed by atoms with van der Waals surface area (Å²) in [5, 5.41) is 4.13. The summed E-state index contributed by atoms with van der Waals surface area (Å²) >= 11 is 1.57. The molecule has 0 saturated heterocycles. The van der Waals surface area contributed by atoms with Gasteiger partial charge in [0.15, 0.2) is 0 Å². The predicted octanol–water partition coefficient (Wildman–Crippen LogP) is 2.40. The number of thioether (sulfide) groups is 1. The summed E-state index contributed by atoms with van der Waals surface area (Å²) in [5.41, 5.74) is 10.6. The number of aromatic amines is 1. The van der Waals surface area contributed by atoms with Crippen LogP contribution in [0.5, 0.6) is 0 Å². The number of nitrogens with two attached hydrogens (primary N) is 1. The smallest absolute Gasteiger partial charge is 0.259 e. The van der Waals surface area contributed by atoms with Crippen LogP contribution < -0.4 is 16.0 Å². The second-order valence-electron chi connectivity index (χ2n) is 7.44. The molecule has 1 aromatic carbocycles. The van der Waals surface area contributed by atoms with Gasteiger partial charge in [-0.05, 0) is 30.0 Å². The van der Waals surface area contributed by atoms with Gasteiger partial charge in [-0.25, -0.2) is 9.97 Å². The molecule has 2 aliphatic rings. The lowest BCUT2D eigenvalue weighted by Crippen LogP contribution is -2.42. The number of hydrogen-bond acceptors (Lipinski definition) is 6. The maximum atomic E-state index is 13.0. The summed E-state index contributed by atoms with van der Waals surface area (Å²) in [6, 6.07) is 7.86. The van der Waals surface area contributed by atoms with Crippen LogP contribution in [0.15, 0.2) is 47.9 Å². The number of carbonyl (C=O) groups is 1. The molecular weight excluding hydrogens is 384 g/mol. The molecule has 0 saturated carbocycles.